The number of hydrogen-bond donors (Lipinski definition) is 1. The first-order valence-electron chi connectivity index (χ1n) is 7.43. The summed E-state index contributed by atoms with van der Waals surface area (Å²) in [7, 11) is -6.27. The van der Waals surface area contributed by atoms with E-state index < -0.39 is 25.1 Å². The minimum atomic E-state index is -3.16. The molecule has 6 nitrogen and oxygen atoms in total. The van der Waals surface area contributed by atoms with Crippen LogP contribution >= 0.6 is 0 Å². The molecule has 1 saturated heterocycles. The van der Waals surface area contributed by atoms with Crippen molar-refractivity contribution in [1.29, 1.82) is 0 Å². The summed E-state index contributed by atoms with van der Waals surface area (Å²) in [6, 6.07) is -0.130. The summed E-state index contributed by atoms with van der Waals surface area (Å²) in [6.07, 6.45) is 4.96. The zero-order chi connectivity index (χ0) is 16.3. The fourth-order valence-electron chi connectivity index (χ4n) is 2.88. The second-order valence-corrected chi connectivity index (χ2v) is 10.4. The van der Waals surface area contributed by atoms with Gasteiger partial charge in [0.05, 0.1) is 11.5 Å². The van der Waals surface area contributed by atoms with E-state index in [2.05, 4.69) is 5.32 Å². The van der Waals surface area contributed by atoms with E-state index in [9.17, 15) is 16.8 Å². The molecule has 1 N–H and O–H groups in total. The quantitative estimate of drug-likeness (QED) is 0.728. The predicted octanol–water partition coefficient (Wildman–Crippen LogP) is 0.459. The molecule has 1 aliphatic heterocycles. The van der Waals surface area contributed by atoms with Crippen LogP contribution in [0, 0.1) is 5.92 Å². The van der Waals surface area contributed by atoms with E-state index in [1.165, 1.54) is 16.8 Å². The highest BCUT2D eigenvalue weighted by atomic mass is 32.2. The van der Waals surface area contributed by atoms with Crippen LogP contribution in [0.3, 0.4) is 0 Å². The van der Waals surface area contributed by atoms with Crippen LogP contribution in [0.5, 0.6) is 0 Å². The van der Waals surface area contributed by atoms with Gasteiger partial charge in [-0.05, 0) is 38.6 Å². The van der Waals surface area contributed by atoms with Crippen molar-refractivity contribution in [3.8, 4) is 0 Å². The molecule has 0 saturated carbocycles. The molecule has 3 atom stereocenters. The van der Waals surface area contributed by atoms with Crippen LogP contribution in [0.25, 0.3) is 0 Å². The molecule has 0 amide bonds. The number of rotatable bonds is 7. The highest BCUT2D eigenvalue weighted by molar-refractivity contribution is 7.91. The molecule has 1 rings (SSSR count). The van der Waals surface area contributed by atoms with Crippen molar-refractivity contribution in [3.63, 3.8) is 0 Å². The van der Waals surface area contributed by atoms with E-state index >= 15 is 0 Å². The lowest BCUT2D eigenvalue weighted by atomic mass is 9.91. The maximum atomic E-state index is 11.8. The highest BCUT2D eigenvalue weighted by Crippen LogP contribution is 2.24. The number of nitrogens with zero attached hydrogens (tertiary/aromatic N) is 1. The number of hydrogen-bond acceptors (Lipinski definition) is 5. The van der Waals surface area contributed by atoms with Crippen molar-refractivity contribution < 1.29 is 16.8 Å². The van der Waals surface area contributed by atoms with Gasteiger partial charge in [-0.2, -0.15) is 0 Å². The Morgan fingerprint density at radius 2 is 1.86 bits per heavy atom. The zero-order valence-corrected chi connectivity index (χ0v) is 15.0. The van der Waals surface area contributed by atoms with Crippen LogP contribution in [0.4, 0.5) is 0 Å². The van der Waals surface area contributed by atoms with Crippen molar-refractivity contribution in [3.05, 3.63) is 0 Å². The zero-order valence-electron chi connectivity index (χ0n) is 13.4. The van der Waals surface area contributed by atoms with Gasteiger partial charge in [-0.15, -0.1) is 0 Å². The molecule has 0 aromatic rings. The molecule has 0 radical (unpaired) electrons. The Morgan fingerprint density at radius 1 is 1.24 bits per heavy atom. The molecule has 0 aromatic carbocycles. The average Bonchev–Trinajstić information content (AvgIpc) is 2.35. The number of nitrogens with one attached hydrogen (secondary N) is 1. The van der Waals surface area contributed by atoms with E-state index in [1.54, 1.807) is 6.92 Å². The topological polar surface area (TPSA) is 83.6 Å². The van der Waals surface area contributed by atoms with Crippen molar-refractivity contribution in [2.24, 2.45) is 5.92 Å². The van der Waals surface area contributed by atoms with Crippen molar-refractivity contribution >= 4 is 19.9 Å². The van der Waals surface area contributed by atoms with Gasteiger partial charge in [-0.25, -0.2) is 21.1 Å². The van der Waals surface area contributed by atoms with Gasteiger partial charge >= 0.3 is 0 Å². The first kappa shape index (κ1) is 18.9. The summed E-state index contributed by atoms with van der Waals surface area (Å²) < 4.78 is 48.3. The molecule has 1 fully saturated rings. The minimum absolute atomic E-state index is 0.130. The molecule has 3 unspecified atom stereocenters. The van der Waals surface area contributed by atoms with Gasteiger partial charge in [-0.3, -0.25) is 0 Å². The van der Waals surface area contributed by atoms with Gasteiger partial charge in [0.15, 0.2) is 9.84 Å². The summed E-state index contributed by atoms with van der Waals surface area (Å²) in [4.78, 5) is 0. The number of sulfonamides is 1. The summed E-state index contributed by atoms with van der Waals surface area (Å²) in [6.45, 7) is 5.44. The summed E-state index contributed by atoms with van der Waals surface area (Å²) in [5, 5.41) is 2.78. The van der Waals surface area contributed by atoms with Crippen LogP contribution in [0.1, 0.15) is 33.1 Å². The summed E-state index contributed by atoms with van der Waals surface area (Å²) in [5.74, 6) is 0.210. The van der Waals surface area contributed by atoms with E-state index in [0.717, 1.165) is 12.8 Å². The van der Waals surface area contributed by atoms with Gasteiger partial charge in [-0.1, -0.05) is 6.92 Å². The standard InChI is InChI=1S/C13H28N2O4S2/c1-5-14-13(11(2)20(3,16)17)9-12-7-6-8-15(10-12)21(4,18)19/h11-14H,5-10H2,1-4H3. The molecule has 1 aliphatic rings. The van der Waals surface area contributed by atoms with E-state index in [-0.39, 0.29) is 12.0 Å². The lowest BCUT2D eigenvalue weighted by Gasteiger charge is -2.34. The fraction of sp³-hybridized carbons (Fsp3) is 1.00. The third-order valence-electron chi connectivity index (χ3n) is 4.25. The van der Waals surface area contributed by atoms with Crippen LogP contribution in [0.15, 0.2) is 0 Å². The molecule has 0 spiro atoms. The molecule has 21 heavy (non-hydrogen) atoms. The first-order chi connectivity index (χ1) is 9.55. The van der Waals surface area contributed by atoms with Crippen LogP contribution in [0.2, 0.25) is 0 Å². The second-order valence-electron chi connectivity index (χ2n) is 6.06. The van der Waals surface area contributed by atoms with Gasteiger partial charge in [0.25, 0.3) is 0 Å². The Hall–Kier alpha value is -0.180. The van der Waals surface area contributed by atoms with Gasteiger partial charge in [0.1, 0.15) is 0 Å². The molecular formula is C13H28N2O4S2. The van der Waals surface area contributed by atoms with Crippen molar-refractivity contribution in [1.82, 2.24) is 9.62 Å². The Labute approximate surface area is 129 Å². The molecule has 0 bridgehead atoms. The van der Waals surface area contributed by atoms with E-state index in [0.29, 0.717) is 26.1 Å². The monoisotopic (exact) mass is 340 g/mol. The van der Waals surface area contributed by atoms with E-state index in [1.807, 2.05) is 6.92 Å². The molecule has 0 aromatic heterocycles. The molecular weight excluding hydrogens is 312 g/mol. The molecule has 126 valence electrons. The fourth-order valence-corrected chi connectivity index (χ4v) is 4.63. The van der Waals surface area contributed by atoms with Crippen molar-refractivity contribution in [2.45, 2.75) is 44.4 Å². The smallest absolute Gasteiger partial charge is 0.211 e. The van der Waals surface area contributed by atoms with Gasteiger partial charge in [0.2, 0.25) is 10.0 Å². The molecule has 1 heterocycles. The largest absolute Gasteiger partial charge is 0.313 e. The first-order valence-corrected chi connectivity index (χ1v) is 11.2. The SMILES string of the molecule is CCNC(CC1CCCN(S(C)(=O)=O)C1)C(C)S(C)(=O)=O. The van der Waals surface area contributed by atoms with Crippen LogP contribution in [-0.2, 0) is 19.9 Å². The normalized spacial score (nSPS) is 24.7. The highest BCUT2D eigenvalue weighted by Gasteiger charge is 2.31. The lowest BCUT2D eigenvalue weighted by molar-refractivity contribution is 0.237. The molecule has 8 heteroatoms. The second kappa shape index (κ2) is 7.39. The summed E-state index contributed by atoms with van der Waals surface area (Å²) in [5.41, 5.74) is 0. The average molecular weight is 341 g/mol. The minimum Gasteiger partial charge on any atom is -0.313 e. The third-order valence-corrected chi connectivity index (χ3v) is 7.20. The van der Waals surface area contributed by atoms with Crippen LogP contribution in [-0.4, -0.2) is 64.6 Å². The van der Waals surface area contributed by atoms with Gasteiger partial charge < -0.3 is 5.32 Å². The Bertz CT molecular complexity index is 530. The van der Waals surface area contributed by atoms with E-state index in [4.69, 9.17) is 0 Å². The number of sulfone groups is 1. The summed E-state index contributed by atoms with van der Waals surface area (Å²) >= 11 is 0. The predicted molar refractivity (Wildman–Crippen MR) is 85.5 cm³/mol. The maximum absolute atomic E-state index is 11.8. The Kier molecular flexibility index (Phi) is 6.64. The third kappa shape index (κ3) is 5.84. The maximum Gasteiger partial charge on any atom is 0.211 e. The Morgan fingerprint density at radius 3 is 2.33 bits per heavy atom. The molecule has 0 aliphatic carbocycles. The van der Waals surface area contributed by atoms with Gasteiger partial charge in [0, 0.05) is 25.4 Å². The lowest BCUT2D eigenvalue weighted by Crippen LogP contribution is -2.46. The van der Waals surface area contributed by atoms with Crippen molar-refractivity contribution in [2.75, 3.05) is 32.1 Å². The number of piperidine rings is 1. The Balaban J connectivity index is 2.75. The van der Waals surface area contributed by atoms with Crippen LogP contribution < -0.4 is 5.32 Å².